The van der Waals surface area contributed by atoms with Crippen LogP contribution in [0.1, 0.15) is 26.3 Å². The minimum Gasteiger partial charge on any atom is -0.376 e. The highest BCUT2D eigenvalue weighted by Gasteiger charge is 2.49. The van der Waals surface area contributed by atoms with Crippen molar-refractivity contribution in [1.82, 2.24) is 0 Å². The standard InChI is InChI=1S/C14H21F3O3SSi/c1-5-11-9-8-10-12(22(4,6-2)7-3)13(11)20-21(18,19)14(15,16)17/h8-10H,5-7H2,1-4H3. The first-order valence-electron chi connectivity index (χ1n) is 7.15. The fourth-order valence-electron chi connectivity index (χ4n) is 2.22. The lowest BCUT2D eigenvalue weighted by molar-refractivity contribution is -0.0499. The number of para-hydroxylation sites is 1. The number of aryl methyl sites for hydroxylation is 1. The highest BCUT2D eigenvalue weighted by molar-refractivity contribution is 7.88. The molecule has 0 N–H and O–H groups in total. The lowest BCUT2D eigenvalue weighted by Gasteiger charge is -2.28. The van der Waals surface area contributed by atoms with Crippen molar-refractivity contribution >= 4 is 23.4 Å². The van der Waals surface area contributed by atoms with Gasteiger partial charge in [-0.15, -0.1) is 0 Å². The van der Waals surface area contributed by atoms with Crippen molar-refractivity contribution in [3.63, 3.8) is 0 Å². The van der Waals surface area contributed by atoms with Crippen LogP contribution in [0.5, 0.6) is 5.75 Å². The minimum absolute atomic E-state index is 0.125. The molecule has 0 unspecified atom stereocenters. The molecule has 22 heavy (non-hydrogen) atoms. The number of benzene rings is 1. The molecule has 126 valence electrons. The van der Waals surface area contributed by atoms with Gasteiger partial charge in [0.25, 0.3) is 0 Å². The molecule has 0 aliphatic carbocycles. The van der Waals surface area contributed by atoms with Crippen molar-refractivity contribution in [3.05, 3.63) is 23.8 Å². The molecule has 0 spiro atoms. The van der Waals surface area contributed by atoms with Gasteiger partial charge in [-0.25, -0.2) is 0 Å². The van der Waals surface area contributed by atoms with Gasteiger partial charge in [0.2, 0.25) is 0 Å². The zero-order valence-corrected chi connectivity index (χ0v) is 14.9. The number of halogens is 3. The molecule has 0 amide bonds. The van der Waals surface area contributed by atoms with Crippen LogP contribution in [0.15, 0.2) is 18.2 Å². The normalized spacial score (nSPS) is 13.2. The molecule has 8 heteroatoms. The van der Waals surface area contributed by atoms with Crippen molar-refractivity contribution < 1.29 is 25.8 Å². The van der Waals surface area contributed by atoms with Crippen LogP contribution in [0.3, 0.4) is 0 Å². The molecule has 1 aromatic carbocycles. The van der Waals surface area contributed by atoms with Gasteiger partial charge in [-0.1, -0.05) is 57.6 Å². The molecule has 0 saturated carbocycles. The van der Waals surface area contributed by atoms with Gasteiger partial charge < -0.3 is 4.18 Å². The van der Waals surface area contributed by atoms with Crippen LogP contribution < -0.4 is 9.37 Å². The van der Waals surface area contributed by atoms with E-state index in [2.05, 4.69) is 4.18 Å². The molecule has 1 aromatic rings. The second-order valence-corrected chi connectivity index (χ2v) is 12.0. The number of hydrogen-bond donors (Lipinski definition) is 0. The van der Waals surface area contributed by atoms with Gasteiger partial charge in [-0.2, -0.15) is 21.6 Å². The number of rotatable bonds is 6. The quantitative estimate of drug-likeness (QED) is 0.443. The Morgan fingerprint density at radius 2 is 1.68 bits per heavy atom. The highest BCUT2D eigenvalue weighted by Crippen LogP contribution is 2.31. The molecule has 0 radical (unpaired) electrons. The van der Waals surface area contributed by atoms with Gasteiger partial charge in [-0.05, 0) is 17.2 Å². The summed E-state index contributed by atoms with van der Waals surface area (Å²) in [5, 5.41) is 0.629. The molecule has 0 fully saturated rings. The smallest absolute Gasteiger partial charge is 0.376 e. The lowest BCUT2D eigenvalue weighted by Crippen LogP contribution is -2.45. The first-order valence-corrected chi connectivity index (χ1v) is 11.5. The third kappa shape index (κ3) is 3.65. The Hall–Kier alpha value is -1.02. The van der Waals surface area contributed by atoms with Crippen LogP contribution in [0.4, 0.5) is 13.2 Å². The minimum atomic E-state index is -5.66. The van der Waals surface area contributed by atoms with E-state index in [1.54, 1.807) is 25.1 Å². The molecule has 0 heterocycles. The molecule has 0 aromatic heterocycles. The van der Waals surface area contributed by atoms with E-state index in [0.29, 0.717) is 17.2 Å². The maximum absolute atomic E-state index is 12.6. The Bertz CT molecular complexity index is 623. The van der Waals surface area contributed by atoms with E-state index in [1.807, 2.05) is 20.4 Å². The molecule has 0 aliphatic rings. The van der Waals surface area contributed by atoms with Crippen molar-refractivity contribution in [2.75, 3.05) is 0 Å². The summed E-state index contributed by atoms with van der Waals surface area (Å²) in [6.07, 6.45) is 0.397. The molecule has 1 rings (SSSR count). The largest absolute Gasteiger partial charge is 0.534 e. The van der Waals surface area contributed by atoms with Crippen LogP contribution in [-0.2, 0) is 16.5 Å². The van der Waals surface area contributed by atoms with E-state index in [-0.39, 0.29) is 5.75 Å². The van der Waals surface area contributed by atoms with E-state index in [0.717, 1.165) is 12.1 Å². The SMILES string of the molecule is CCc1cccc([Si](C)(CC)CC)c1OS(=O)(=O)C(F)(F)F. The third-order valence-electron chi connectivity index (χ3n) is 4.16. The highest BCUT2D eigenvalue weighted by atomic mass is 32.2. The van der Waals surface area contributed by atoms with E-state index in [4.69, 9.17) is 0 Å². The zero-order valence-electron chi connectivity index (χ0n) is 13.1. The number of hydrogen-bond acceptors (Lipinski definition) is 3. The zero-order chi connectivity index (χ0) is 17.2. The second-order valence-electron chi connectivity index (χ2n) is 5.40. The molecular formula is C14H21F3O3SSi. The first-order chi connectivity index (χ1) is 10.0. The fraction of sp³-hybridized carbons (Fsp3) is 0.571. The predicted molar refractivity (Wildman–Crippen MR) is 83.6 cm³/mol. The Labute approximate surface area is 130 Å². The van der Waals surface area contributed by atoms with Crippen molar-refractivity contribution in [2.45, 2.75) is 51.3 Å². The van der Waals surface area contributed by atoms with E-state index in [1.165, 1.54) is 0 Å². The molecular weight excluding hydrogens is 333 g/mol. The third-order valence-corrected chi connectivity index (χ3v) is 9.93. The molecule has 0 atom stereocenters. The van der Waals surface area contributed by atoms with Crippen LogP contribution in [0, 0.1) is 0 Å². The average Bonchev–Trinajstić information content (AvgIpc) is 2.45. The molecule has 0 saturated heterocycles. The van der Waals surface area contributed by atoms with Gasteiger partial charge in [0.1, 0.15) is 5.75 Å². The maximum Gasteiger partial charge on any atom is 0.534 e. The summed E-state index contributed by atoms with van der Waals surface area (Å²) in [5.41, 5.74) is -4.95. The fourth-order valence-corrected chi connectivity index (χ4v) is 5.33. The van der Waals surface area contributed by atoms with Gasteiger partial charge in [0, 0.05) is 0 Å². The van der Waals surface area contributed by atoms with Crippen LogP contribution >= 0.6 is 0 Å². The summed E-state index contributed by atoms with van der Waals surface area (Å²) in [7, 11) is -7.74. The van der Waals surface area contributed by atoms with Crippen LogP contribution in [-0.4, -0.2) is 22.0 Å². The van der Waals surface area contributed by atoms with Crippen molar-refractivity contribution in [3.8, 4) is 5.75 Å². The maximum atomic E-state index is 12.6. The lowest BCUT2D eigenvalue weighted by atomic mass is 10.1. The summed E-state index contributed by atoms with van der Waals surface area (Å²) >= 11 is 0. The van der Waals surface area contributed by atoms with E-state index < -0.39 is 23.7 Å². The summed E-state index contributed by atoms with van der Waals surface area (Å²) in [6.45, 7) is 7.71. The molecule has 0 bridgehead atoms. The topological polar surface area (TPSA) is 43.4 Å². The number of alkyl halides is 3. The first kappa shape index (κ1) is 19.0. The molecule has 0 aliphatic heterocycles. The van der Waals surface area contributed by atoms with Crippen molar-refractivity contribution in [1.29, 1.82) is 0 Å². The Kier molecular flexibility index (Phi) is 5.72. The Morgan fingerprint density at radius 3 is 2.09 bits per heavy atom. The molecule has 3 nitrogen and oxygen atoms in total. The summed E-state index contributed by atoms with van der Waals surface area (Å²) in [4.78, 5) is 0. The summed E-state index contributed by atoms with van der Waals surface area (Å²) in [5.74, 6) is -0.125. The van der Waals surface area contributed by atoms with Crippen molar-refractivity contribution in [2.24, 2.45) is 0 Å². The van der Waals surface area contributed by atoms with E-state index >= 15 is 0 Å². The predicted octanol–water partition coefficient (Wildman–Crippen LogP) is 3.80. The second kappa shape index (κ2) is 6.62. The van der Waals surface area contributed by atoms with Gasteiger partial charge in [-0.3, -0.25) is 0 Å². The van der Waals surface area contributed by atoms with Crippen LogP contribution in [0.2, 0.25) is 18.6 Å². The van der Waals surface area contributed by atoms with E-state index in [9.17, 15) is 21.6 Å². The Morgan fingerprint density at radius 1 is 1.14 bits per heavy atom. The average molecular weight is 354 g/mol. The van der Waals surface area contributed by atoms with Gasteiger partial charge in [0.15, 0.2) is 0 Å². The Balaban J connectivity index is 3.52. The summed E-state index contributed by atoms with van der Waals surface area (Å²) in [6, 6.07) is 6.63. The monoisotopic (exact) mass is 354 g/mol. The van der Waals surface area contributed by atoms with Gasteiger partial charge in [0.05, 0.1) is 8.07 Å². The van der Waals surface area contributed by atoms with Gasteiger partial charge >= 0.3 is 15.6 Å². The summed E-state index contributed by atoms with van der Waals surface area (Å²) < 4.78 is 65.3. The van der Waals surface area contributed by atoms with Crippen LogP contribution in [0.25, 0.3) is 0 Å².